The van der Waals surface area contributed by atoms with Gasteiger partial charge in [0.25, 0.3) is 0 Å². The first-order valence-electron chi connectivity index (χ1n) is 15.8. The Morgan fingerprint density at radius 1 is 1.06 bits per heavy atom. The lowest BCUT2D eigenvalue weighted by Gasteiger charge is -2.56. The molecule has 9 nitrogen and oxygen atoms in total. The zero-order valence-electron chi connectivity index (χ0n) is 26.4. The fraction of sp³-hybridized carbons (Fsp3) is 0.378. The van der Waals surface area contributed by atoms with Gasteiger partial charge < -0.3 is 30.1 Å². The number of phenols is 2. The number of benzene rings is 3. The lowest BCUT2D eigenvalue weighted by Crippen LogP contribution is -2.57. The molecule has 4 fully saturated rings. The SMILES string of the molecule is COc1ccccc1-c1ccc(SC2=C[C@]34C[C@H]5C[C@H](O[C@@]5(C)C3)[C@H]4[C@](C)(CCC(=O)Nc3c(O)ccc(C(=O)O)c3O)C2=O)cc1. The molecule has 2 aliphatic heterocycles. The van der Waals surface area contributed by atoms with Crippen molar-refractivity contribution in [3.63, 3.8) is 0 Å². The number of ether oxygens (including phenoxy) is 2. The minimum atomic E-state index is -1.39. The summed E-state index contributed by atoms with van der Waals surface area (Å²) in [6.45, 7) is 4.14. The van der Waals surface area contributed by atoms with Gasteiger partial charge in [-0.1, -0.05) is 55.1 Å². The topological polar surface area (TPSA) is 142 Å². The van der Waals surface area contributed by atoms with E-state index >= 15 is 0 Å². The Balaban J connectivity index is 1.17. The minimum Gasteiger partial charge on any atom is -0.506 e. The highest BCUT2D eigenvalue weighted by atomic mass is 32.2. The first kappa shape index (κ1) is 31.3. The van der Waals surface area contributed by atoms with Crippen LogP contribution >= 0.6 is 11.8 Å². The number of thioether (sulfide) groups is 1. The highest BCUT2D eigenvalue weighted by Gasteiger charge is 2.72. The number of aromatic hydroxyl groups is 2. The van der Waals surface area contributed by atoms with Crippen molar-refractivity contribution in [3.8, 4) is 28.4 Å². The number of methoxy groups -OCH3 is 1. The van der Waals surface area contributed by atoms with Crippen molar-refractivity contribution < 1.29 is 39.2 Å². The molecule has 2 saturated heterocycles. The molecule has 0 aromatic heterocycles. The molecule has 47 heavy (non-hydrogen) atoms. The van der Waals surface area contributed by atoms with E-state index in [4.69, 9.17) is 9.47 Å². The van der Waals surface area contributed by atoms with E-state index < -0.39 is 34.4 Å². The van der Waals surface area contributed by atoms with Crippen LogP contribution in [0, 0.1) is 22.7 Å². The van der Waals surface area contributed by atoms with E-state index in [0.717, 1.165) is 53.2 Å². The fourth-order valence-corrected chi connectivity index (χ4v) is 10.1. The quantitative estimate of drug-likeness (QED) is 0.179. The number of ketones is 1. The molecule has 4 N–H and O–H groups in total. The molecule has 244 valence electrons. The molecule has 10 heteroatoms. The van der Waals surface area contributed by atoms with Crippen molar-refractivity contribution in [3.05, 3.63) is 77.2 Å². The van der Waals surface area contributed by atoms with Crippen molar-refractivity contribution >= 4 is 35.1 Å². The number of anilines is 1. The molecule has 3 aromatic carbocycles. The molecule has 4 bridgehead atoms. The summed E-state index contributed by atoms with van der Waals surface area (Å²) in [6, 6.07) is 18.1. The largest absolute Gasteiger partial charge is 0.506 e. The number of allylic oxidation sites excluding steroid dienone is 2. The lowest BCUT2D eigenvalue weighted by atomic mass is 9.51. The number of rotatable bonds is 9. The molecule has 3 aliphatic carbocycles. The van der Waals surface area contributed by atoms with Gasteiger partial charge in [0.15, 0.2) is 11.5 Å². The molecule has 5 aliphatic rings. The maximum absolute atomic E-state index is 14.6. The van der Waals surface area contributed by atoms with E-state index in [9.17, 15) is 29.7 Å². The number of carbonyl (C=O) groups is 3. The first-order chi connectivity index (χ1) is 22.4. The number of para-hydroxylation sites is 1. The van der Waals surface area contributed by atoms with Gasteiger partial charge in [-0.25, -0.2) is 4.79 Å². The number of amides is 1. The van der Waals surface area contributed by atoms with Crippen LogP contribution in [0.3, 0.4) is 0 Å². The van der Waals surface area contributed by atoms with E-state index in [1.807, 2.05) is 55.5 Å². The Morgan fingerprint density at radius 3 is 2.51 bits per heavy atom. The first-order valence-corrected chi connectivity index (χ1v) is 16.6. The predicted octanol–water partition coefficient (Wildman–Crippen LogP) is 7.03. The van der Waals surface area contributed by atoms with Gasteiger partial charge in [0.1, 0.15) is 22.7 Å². The predicted molar refractivity (Wildman–Crippen MR) is 177 cm³/mol. The summed E-state index contributed by atoms with van der Waals surface area (Å²) >= 11 is 1.45. The van der Waals surface area contributed by atoms with Gasteiger partial charge in [0.2, 0.25) is 5.91 Å². The monoisotopic (exact) mass is 655 g/mol. The summed E-state index contributed by atoms with van der Waals surface area (Å²) in [5.41, 5.74) is -0.199. The smallest absolute Gasteiger partial charge is 0.339 e. The summed E-state index contributed by atoms with van der Waals surface area (Å²) < 4.78 is 12.2. The van der Waals surface area contributed by atoms with Crippen LogP contribution in [-0.4, -0.2) is 51.8 Å². The molecular formula is C37H37NO8S. The van der Waals surface area contributed by atoms with Crippen molar-refractivity contribution in [1.82, 2.24) is 0 Å². The third kappa shape index (κ3) is 5.00. The molecule has 6 atom stereocenters. The highest BCUT2D eigenvalue weighted by molar-refractivity contribution is 8.04. The minimum absolute atomic E-state index is 0.0270. The number of nitrogens with one attached hydrogen (secondary N) is 1. The van der Waals surface area contributed by atoms with Crippen LogP contribution in [0.4, 0.5) is 5.69 Å². The third-order valence-electron chi connectivity index (χ3n) is 11.0. The van der Waals surface area contributed by atoms with E-state index in [0.29, 0.717) is 10.8 Å². The second-order valence-corrected chi connectivity index (χ2v) is 14.9. The van der Waals surface area contributed by atoms with Gasteiger partial charge in [-0.2, -0.15) is 0 Å². The lowest BCUT2D eigenvalue weighted by molar-refractivity contribution is -0.169. The van der Waals surface area contributed by atoms with Gasteiger partial charge >= 0.3 is 5.97 Å². The van der Waals surface area contributed by atoms with Gasteiger partial charge in [0.05, 0.1) is 23.7 Å². The zero-order chi connectivity index (χ0) is 33.3. The normalized spacial score (nSPS) is 30.1. The second kappa shape index (κ2) is 11.2. The number of carboxylic acid groups (broad SMARTS) is 1. The number of hydrogen-bond donors (Lipinski definition) is 4. The molecule has 2 saturated carbocycles. The Kier molecular flexibility index (Phi) is 7.44. The number of hydrogen-bond acceptors (Lipinski definition) is 8. The Labute approximate surface area is 277 Å². The molecule has 2 heterocycles. The van der Waals surface area contributed by atoms with Crippen LogP contribution in [0.5, 0.6) is 17.2 Å². The molecular weight excluding hydrogens is 618 g/mol. The summed E-state index contributed by atoms with van der Waals surface area (Å²) in [4.78, 5) is 40.9. The highest BCUT2D eigenvalue weighted by Crippen LogP contribution is 2.72. The van der Waals surface area contributed by atoms with Gasteiger partial charge in [-0.05, 0) is 79.8 Å². The van der Waals surface area contributed by atoms with Crippen LogP contribution in [0.15, 0.2) is 76.5 Å². The summed E-state index contributed by atoms with van der Waals surface area (Å²) in [6.07, 6.45) is 4.90. The summed E-state index contributed by atoms with van der Waals surface area (Å²) in [5, 5.41) is 32.5. The van der Waals surface area contributed by atoms with Crippen LogP contribution in [-0.2, 0) is 14.3 Å². The molecule has 1 spiro atoms. The molecule has 3 aromatic rings. The number of carboxylic acids is 1. The van der Waals surface area contributed by atoms with Crippen molar-refractivity contribution in [2.75, 3.05) is 12.4 Å². The molecule has 0 unspecified atom stereocenters. The summed E-state index contributed by atoms with van der Waals surface area (Å²) in [7, 11) is 1.65. The zero-order valence-corrected chi connectivity index (χ0v) is 27.2. The maximum Gasteiger partial charge on any atom is 0.339 e. The number of phenolic OH excluding ortho intramolecular Hbond substituents is 1. The van der Waals surface area contributed by atoms with E-state index in [-0.39, 0.29) is 47.4 Å². The Morgan fingerprint density at radius 2 is 1.81 bits per heavy atom. The van der Waals surface area contributed by atoms with Crippen molar-refractivity contribution in [2.24, 2.45) is 22.7 Å². The Bertz CT molecular complexity index is 1840. The second-order valence-electron chi connectivity index (χ2n) is 13.8. The van der Waals surface area contributed by atoms with Crippen LogP contribution in [0.2, 0.25) is 0 Å². The van der Waals surface area contributed by atoms with Crippen LogP contribution < -0.4 is 10.1 Å². The van der Waals surface area contributed by atoms with Crippen LogP contribution in [0.25, 0.3) is 11.1 Å². The summed E-state index contributed by atoms with van der Waals surface area (Å²) in [5.74, 6) is -2.05. The van der Waals surface area contributed by atoms with Crippen LogP contribution in [0.1, 0.15) is 56.3 Å². The number of carbonyl (C=O) groups excluding carboxylic acids is 2. The average molecular weight is 656 g/mol. The van der Waals surface area contributed by atoms with Crippen molar-refractivity contribution in [2.45, 2.75) is 62.6 Å². The maximum atomic E-state index is 14.6. The van der Waals surface area contributed by atoms with Crippen molar-refractivity contribution in [1.29, 1.82) is 0 Å². The molecule has 0 radical (unpaired) electrons. The average Bonchev–Trinajstić information content (AvgIpc) is 3.41. The van der Waals surface area contributed by atoms with Gasteiger partial charge in [0, 0.05) is 28.2 Å². The van der Waals surface area contributed by atoms with E-state index in [2.05, 4.69) is 18.3 Å². The molecule has 8 rings (SSSR count). The van der Waals surface area contributed by atoms with Gasteiger partial charge in [-0.3, -0.25) is 9.59 Å². The van der Waals surface area contributed by atoms with E-state index in [1.54, 1.807) is 7.11 Å². The third-order valence-corrected chi connectivity index (χ3v) is 12.0. The molecule has 1 amide bonds. The number of Topliss-reactive ketones (excluding diaryl/α,β-unsaturated/α-hetero) is 1. The van der Waals surface area contributed by atoms with E-state index in [1.165, 1.54) is 11.8 Å². The standard InChI is InChI=1S/C37H37NO8S/c1-35(15-14-29(40)38-30-25(39)13-12-24(31(30)41)34(43)44)32-27-16-21-17-37(32,19-36(21,2)46-27)18-28(33(35)42)47-22-10-8-20(9-11-22)23-6-4-5-7-26(23)45-3/h4-13,18,21,27,32,39,41H,14-17,19H2,1-3H3,(H,38,40)(H,43,44)/t21-,27+,32+,35+,36+,37-/m1/s1. The van der Waals surface area contributed by atoms with Gasteiger partial charge in [-0.15, -0.1) is 0 Å². The fourth-order valence-electron chi connectivity index (χ4n) is 9.00. The Hall–Kier alpha value is -4.28. The number of aromatic carboxylic acids is 1.